The smallest absolute Gasteiger partial charge is 0.255 e. The number of carbonyl (C=O) groups is 1. The van der Waals surface area contributed by atoms with Crippen LogP contribution in [-0.2, 0) is 10.8 Å². The summed E-state index contributed by atoms with van der Waals surface area (Å²) in [6.45, 7) is 2.19. The molecule has 4 nitrogen and oxygen atoms in total. The van der Waals surface area contributed by atoms with Gasteiger partial charge in [0.05, 0.1) is 5.56 Å². The Balaban J connectivity index is 2.47. The number of para-hydroxylation sites is 1. The monoisotopic (exact) mass is 241 g/mol. The van der Waals surface area contributed by atoms with Crippen LogP contribution in [0.4, 0.5) is 0 Å². The number of benzene rings is 1. The molecule has 1 unspecified atom stereocenters. The van der Waals surface area contributed by atoms with Crippen LogP contribution in [0.3, 0.4) is 0 Å². The minimum Gasteiger partial charge on any atom is -0.507 e. The van der Waals surface area contributed by atoms with E-state index < -0.39 is 10.8 Å². The first kappa shape index (κ1) is 12.7. The number of hydrogen-bond acceptors (Lipinski definition) is 3. The molecule has 1 amide bonds. The minimum absolute atomic E-state index is 0.0448. The number of nitrogens with one attached hydrogen (secondary N) is 1. The van der Waals surface area contributed by atoms with E-state index in [1.807, 2.05) is 6.92 Å². The van der Waals surface area contributed by atoms with Gasteiger partial charge in [-0.3, -0.25) is 9.00 Å². The average molecular weight is 241 g/mol. The molecule has 2 N–H and O–H groups in total. The predicted octanol–water partition coefficient (Wildman–Crippen LogP) is 0.891. The van der Waals surface area contributed by atoms with Gasteiger partial charge in [0.25, 0.3) is 5.91 Å². The van der Waals surface area contributed by atoms with Crippen LogP contribution >= 0.6 is 0 Å². The first-order chi connectivity index (χ1) is 7.65. The lowest BCUT2D eigenvalue weighted by molar-refractivity contribution is 0.0953. The third-order valence-electron chi connectivity index (χ3n) is 2.09. The van der Waals surface area contributed by atoms with Crippen molar-refractivity contribution in [2.75, 3.05) is 18.1 Å². The van der Waals surface area contributed by atoms with Crippen LogP contribution in [0.2, 0.25) is 0 Å². The van der Waals surface area contributed by atoms with Crippen molar-refractivity contribution in [2.24, 2.45) is 0 Å². The van der Waals surface area contributed by atoms with Crippen molar-refractivity contribution >= 4 is 16.7 Å². The van der Waals surface area contributed by atoms with E-state index in [2.05, 4.69) is 5.32 Å². The largest absolute Gasteiger partial charge is 0.507 e. The number of hydrogen-bond donors (Lipinski definition) is 2. The normalized spacial score (nSPS) is 12.1. The molecule has 0 saturated carbocycles. The molecule has 0 heterocycles. The highest BCUT2D eigenvalue weighted by Gasteiger charge is 2.09. The Morgan fingerprint density at radius 1 is 1.44 bits per heavy atom. The molecule has 1 aromatic rings. The highest BCUT2D eigenvalue weighted by Crippen LogP contribution is 2.14. The zero-order chi connectivity index (χ0) is 12.0. The van der Waals surface area contributed by atoms with E-state index in [0.29, 0.717) is 18.1 Å². The first-order valence-electron chi connectivity index (χ1n) is 5.06. The molecular formula is C11H15NO3S. The van der Waals surface area contributed by atoms with Gasteiger partial charge < -0.3 is 10.4 Å². The van der Waals surface area contributed by atoms with Crippen LogP contribution in [0.1, 0.15) is 17.3 Å². The Hall–Kier alpha value is -1.36. The molecule has 0 aliphatic heterocycles. The van der Waals surface area contributed by atoms with Gasteiger partial charge in [-0.05, 0) is 12.1 Å². The molecule has 0 aliphatic rings. The van der Waals surface area contributed by atoms with Crippen molar-refractivity contribution in [3.63, 3.8) is 0 Å². The fourth-order valence-electron chi connectivity index (χ4n) is 1.18. The molecule has 1 rings (SSSR count). The Bertz CT molecular complexity index is 393. The minimum atomic E-state index is -0.882. The van der Waals surface area contributed by atoms with E-state index in [9.17, 15) is 14.1 Å². The van der Waals surface area contributed by atoms with Crippen LogP contribution < -0.4 is 5.32 Å². The molecule has 0 radical (unpaired) electrons. The third-order valence-corrected chi connectivity index (χ3v) is 3.39. The molecule has 0 saturated heterocycles. The van der Waals surface area contributed by atoms with Gasteiger partial charge in [-0.1, -0.05) is 19.1 Å². The molecule has 1 aromatic carbocycles. The van der Waals surface area contributed by atoms with Crippen molar-refractivity contribution in [2.45, 2.75) is 6.92 Å². The van der Waals surface area contributed by atoms with Crippen LogP contribution in [0.25, 0.3) is 0 Å². The summed E-state index contributed by atoms with van der Waals surface area (Å²) >= 11 is 0. The number of phenolic OH excluding ortho intramolecular Hbond substituents is 1. The number of rotatable bonds is 5. The van der Waals surface area contributed by atoms with Crippen LogP contribution in [0.5, 0.6) is 5.75 Å². The second-order valence-electron chi connectivity index (χ2n) is 3.21. The number of aromatic hydroxyl groups is 1. The third kappa shape index (κ3) is 3.66. The molecule has 0 spiro atoms. The number of phenols is 1. The maximum Gasteiger partial charge on any atom is 0.255 e. The Kier molecular flexibility index (Phi) is 4.98. The van der Waals surface area contributed by atoms with Gasteiger partial charge in [0, 0.05) is 28.9 Å². The second kappa shape index (κ2) is 6.27. The Labute approximate surface area is 97.1 Å². The molecule has 0 fully saturated rings. The summed E-state index contributed by atoms with van der Waals surface area (Å²) in [6.07, 6.45) is 0. The van der Waals surface area contributed by atoms with Crippen molar-refractivity contribution in [3.8, 4) is 5.75 Å². The molecule has 1 atom stereocenters. The standard InChI is InChI=1S/C11H15NO3S/c1-2-16(15)8-7-12-11(14)9-5-3-4-6-10(9)13/h3-6,13H,2,7-8H2,1H3,(H,12,14). The van der Waals surface area contributed by atoms with Gasteiger partial charge in [-0.25, -0.2) is 0 Å². The van der Waals surface area contributed by atoms with Crippen LogP contribution in [0, 0.1) is 0 Å². The van der Waals surface area contributed by atoms with E-state index in [1.54, 1.807) is 18.2 Å². The lowest BCUT2D eigenvalue weighted by atomic mass is 10.2. The molecular weight excluding hydrogens is 226 g/mol. The summed E-state index contributed by atoms with van der Waals surface area (Å²) < 4.78 is 11.1. The van der Waals surface area contributed by atoms with Crippen LogP contribution in [0.15, 0.2) is 24.3 Å². The topological polar surface area (TPSA) is 66.4 Å². The molecule has 0 bridgehead atoms. The van der Waals surface area contributed by atoms with Crippen molar-refractivity contribution < 1.29 is 14.1 Å². The number of amides is 1. The van der Waals surface area contributed by atoms with E-state index in [4.69, 9.17) is 0 Å². The van der Waals surface area contributed by atoms with E-state index in [1.165, 1.54) is 6.07 Å². The van der Waals surface area contributed by atoms with Gasteiger partial charge >= 0.3 is 0 Å². The van der Waals surface area contributed by atoms with E-state index in [-0.39, 0.29) is 17.2 Å². The zero-order valence-electron chi connectivity index (χ0n) is 9.10. The van der Waals surface area contributed by atoms with Gasteiger partial charge in [0.15, 0.2) is 0 Å². The molecule has 0 aliphatic carbocycles. The average Bonchev–Trinajstić information content (AvgIpc) is 2.29. The lowest BCUT2D eigenvalue weighted by Gasteiger charge is -2.05. The summed E-state index contributed by atoms with van der Waals surface area (Å²) in [4.78, 5) is 11.6. The fraction of sp³-hybridized carbons (Fsp3) is 0.364. The summed E-state index contributed by atoms with van der Waals surface area (Å²) in [5, 5.41) is 12.0. The van der Waals surface area contributed by atoms with Gasteiger partial charge in [-0.15, -0.1) is 0 Å². The molecule has 88 valence electrons. The van der Waals surface area contributed by atoms with Crippen molar-refractivity contribution in [3.05, 3.63) is 29.8 Å². The highest BCUT2D eigenvalue weighted by atomic mass is 32.2. The van der Waals surface area contributed by atoms with Gasteiger partial charge in [-0.2, -0.15) is 0 Å². The second-order valence-corrected chi connectivity index (χ2v) is 5.07. The van der Waals surface area contributed by atoms with Gasteiger partial charge in [0.2, 0.25) is 0 Å². The zero-order valence-corrected chi connectivity index (χ0v) is 9.92. The van der Waals surface area contributed by atoms with E-state index in [0.717, 1.165) is 0 Å². The quantitative estimate of drug-likeness (QED) is 0.804. The predicted molar refractivity (Wildman–Crippen MR) is 64.0 cm³/mol. The molecule has 5 heteroatoms. The summed E-state index contributed by atoms with van der Waals surface area (Å²) in [5.41, 5.74) is 0.241. The summed E-state index contributed by atoms with van der Waals surface area (Å²) in [7, 11) is -0.882. The maximum atomic E-state index is 11.6. The Morgan fingerprint density at radius 3 is 2.75 bits per heavy atom. The SMILES string of the molecule is CCS(=O)CCNC(=O)c1ccccc1O. The van der Waals surface area contributed by atoms with E-state index >= 15 is 0 Å². The maximum absolute atomic E-state index is 11.6. The van der Waals surface area contributed by atoms with Crippen LogP contribution in [-0.4, -0.2) is 33.3 Å². The molecule has 16 heavy (non-hydrogen) atoms. The van der Waals surface area contributed by atoms with Crippen molar-refractivity contribution in [1.29, 1.82) is 0 Å². The van der Waals surface area contributed by atoms with Crippen molar-refractivity contribution in [1.82, 2.24) is 5.32 Å². The highest BCUT2D eigenvalue weighted by molar-refractivity contribution is 7.84. The fourth-order valence-corrected chi connectivity index (χ4v) is 1.80. The number of carbonyl (C=O) groups excluding carboxylic acids is 1. The Morgan fingerprint density at radius 2 is 2.12 bits per heavy atom. The lowest BCUT2D eigenvalue weighted by Crippen LogP contribution is -2.28. The summed E-state index contributed by atoms with van der Waals surface area (Å²) in [6, 6.07) is 6.33. The summed E-state index contributed by atoms with van der Waals surface area (Å²) in [5.74, 6) is 0.644. The molecule has 0 aromatic heterocycles. The van der Waals surface area contributed by atoms with Gasteiger partial charge in [0.1, 0.15) is 5.75 Å². The first-order valence-corrected chi connectivity index (χ1v) is 6.55.